The van der Waals surface area contributed by atoms with Gasteiger partial charge in [-0.05, 0) is 43.7 Å². The van der Waals surface area contributed by atoms with Crippen LogP contribution in [0.15, 0.2) is 30.3 Å². The summed E-state index contributed by atoms with van der Waals surface area (Å²) in [6, 6.07) is 7.59. The lowest BCUT2D eigenvalue weighted by Gasteiger charge is -2.15. The number of rotatable bonds is 7. The average molecular weight is 288 g/mol. The number of benzene rings is 1. The fourth-order valence-electron chi connectivity index (χ4n) is 2.10. The molecular weight excluding hydrogens is 268 g/mol. The second-order valence-electron chi connectivity index (χ2n) is 5.26. The molecule has 1 aromatic rings. The van der Waals surface area contributed by atoms with E-state index in [2.05, 4.69) is 17.3 Å². The average Bonchev–Trinajstić information content (AvgIpc) is 3.30. The van der Waals surface area contributed by atoms with Crippen LogP contribution in [0.2, 0.25) is 0 Å². The van der Waals surface area contributed by atoms with E-state index in [0.29, 0.717) is 23.7 Å². The van der Waals surface area contributed by atoms with Crippen molar-refractivity contribution in [2.45, 2.75) is 18.9 Å². The minimum atomic E-state index is -1.01. The van der Waals surface area contributed by atoms with Crippen LogP contribution in [0.5, 0.6) is 0 Å². The van der Waals surface area contributed by atoms with E-state index in [-0.39, 0.29) is 5.91 Å². The molecule has 1 aromatic carbocycles. The molecule has 1 amide bonds. The SMILES string of the molecule is CN(CCNC(=O)c1cccc(C=CC(=O)O)c1)C1CC1. The van der Waals surface area contributed by atoms with Crippen LogP contribution in [0, 0.1) is 0 Å². The van der Waals surface area contributed by atoms with Gasteiger partial charge in [-0.25, -0.2) is 4.79 Å². The van der Waals surface area contributed by atoms with Crippen molar-refractivity contribution < 1.29 is 14.7 Å². The number of nitrogens with one attached hydrogen (secondary N) is 1. The summed E-state index contributed by atoms with van der Waals surface area (Å²) in [4.78, 5) is 24.8. The fourth-order valence-corrected chi connectivity index (χ4v) is 2.10. The highest BCUT2D eigenvalue weighted by Gasteiger charge is 2.25. The number of carboxylic acids is 1. The summed E-state index contributed by atoms with van der Waals surface area (Å²) in [5.74, 6) is -1.14. The molecule has 0 bridgehead atoms. The van der Waals surface area contributed by atoms with Gasteiger partial charge in [-0.15, -0.1) is 0 Å². The number of amides is 1. The van der Waals surface area contributed by atoms with Crippen LogP contribution in [0.1, 0.15) is 28.8 Å². The Hall–Kier alpha value is -2.14. The molecule has 21 heavy (non-hydrogen) atoms. The Balaban J connectivity index is 1.86. The van der Waals surface area contributed by atoms with Crippen LogP contribution < -0.4 is 5.32 Å². The third-order valence-electron chi connectivity index (χ3n) is 3.49. The zero-order valence-corrected chi connectivity index (χ0v) is 12.1. The molecule has 0 heterocycles. The van der Waals surface area contributed by atoms with E-state index in [4.69, 9.17) is 5.11 Å². The van der Waals surface area contributed by atoms with Crippen LogP contribution in [-0.2, 0) is 4.79 Å². The lowest BCUT2D eigenvalue weighted by atomic mass is 10.1. The van der Waals surface area contributed by atoms with Crippen molar-refractivity contribution in [3.8, 4) is 0 Å². The summed E-state index contributed by atoms with van der Waals surface area (Å²) in [6.45, 7) is 1.45. The summed E-state index contributed by atoms with van der Waals surface area (Å²) in [7, 11) is 2.07. The van der Waals surface area contributed by atoms with E-state index in [0.717, 1.165) is 12.6 Å². The number of hydrogen-bond donors (Lipinski definition) is 2. The minimum Gasteiger partial charge on any atom is -0.478 e. The van der Waals surface area contributed by atoms with E-state index < -0.39 is 5.97 Å². The van der Waals surface area contributed by atoms with E-state index in [1.165, 1.54) is 18.9 Å². The van der Waals surface area contributed by atoms with E-state index in [9.17, 15) is 9.59 Å². The largest absolute Gasteiger partial charge is 0.478 e. The number of carboxylic acid groups (broad SMARTS) is 1. The quantitative estimate of drug-likeness (QED) is 0.748. The third kappa shape index (κ3) is 5.04. The van der Waals surface area contributed by atoms with Gasteiger partial charge < -0.3 is 15.3 Å². The van der Waals surface area contributed by atoms with Crippen LogP contribution in [-0.4, -0.2) is 48.1 Å². The maximum absolute atomic E-state index is 12.0. The molecule has 0 saturated heterocycles. The molecule has 112 valence electrons. The Labute approximate surface area is 124 Å². The first-order chi connectivity index (χ1) is 10.1. The molecule has 1 saturated carbocycles. The highest BCUT2D eigenvalue weighted by Crippen LogP contribution is 2.24. The number of hydrogen-bond acceptors (Lipinski definition) is 3. The van der Waals surface area contributed by atoms with Gasteiger partial charge in [0.25, 0.3) is 5.91 Å². The Morgan fingerprint density at radius 3 is 2.86 bits per heavy atom. The molecule has 1 fully saturated rings. The second-order valence-corrected chi connectivity index (χ2v) is 5.26. The molecule has 5 heteroatoms. The summed E-state index contributed by atoms with van der Waals surface area (Å²) < 4.78 is 0. The van der Waals surface area contributed by atoms with Gasteiger partial charge in [0, 0.05) is 30.8 Å². The first-order valence-corrected chi connectivity index (χ1v) is 7.06. The van der Waals surface area contributed by atoms with Crippen molar-refractivity contribution in [3.05, 3.63) is 41.5 Å². The molecule has 0 atom stereocenters. The molecule has 1 aliphatic carbocycles. The Morgan fingerprint density at radius 2 is 2.19 bits per heavy atom. The van der Waals surface area contributed by atoms with Crippen LogP contribution in [0.25, 0.3) is 6.08 Å². The van der Waals surface area contributed by atoms with Gasteiger partial charge in [0.15, 0.2) is 0 Å². The lowest BCUT2D eigenvalue weighted by Crippen LogP contribution is -2.33. The Kier molecular flexibility index (Phi) is 5.11. The Bertz CT molecular complexity index is 550. The van der Waals surface area contributed by atoms with Crippen molar-refractivity contribution in [3.63, 3.8) is 0 Å². The molecule has 2 rings (SSSR count). The number of nitrogens with zero attached hydrogens (tertiary/aromatic N) is 1. The molecule has 0 unspecified atom stereocenters. The molecular formula is C16H20N2O3. The summed E-state index contributed by atoms with van der Waals surface area (Å²) in [5, 5.41) is 11.5. The zero-order chi connectivity index (χ0) is 15.2. The number of carbonyl (C=O) groups is 2. The standard InChI is InChI=1S/C16H20N2O3/c1-18(14-6-7-14)10-9-17-16(21)13-4-2-3-12(11-13)5-8-15(19)20/h2-5,8,11,14H,6-7,9-10H2,1H3,(H,17,21)(H,19,20). The normalized spacial score (nSPS) is 14.6. The second kappa shape index (κ2) is 7.04. The molecule has 5 nitrogen and oxygen atoms in total. The maximum Gasteiger partial charge on any atom is 0.328 e. The van der Waals surface area contributed by atoms with Crippen molar-refractivity contribution >= 4 is 18.0 Å². The van der Waals surface area contributed by atoms with Gasteiger partial charge in [-0.2, -0.15) is 0 Å². The van der Waals surface area contributed by atoms with Crippen molar-refractivity contribution in [2.75, 3.05) is 20.1 Å². The topological polar surface area (TPSA) is 69.6 Å². The summed E-state index contributed by atoms with van der Waals surface area (Å²) in [5.41, 5.74) is 1.23. The monoisotopic (exact) mass is 288 g/mol. The van der Waals surface area contributed by atoms with Crippen molar-refractivity contribution in [1.29, 1.82) is 0 Å². The predicted octanol–water partition coefficient (Wildman–Crippen LogP) is 1.61. The van der Waals surface area contributed by atoms with Crippen LogP contribution in [0.4, 0.5) is 0 Å². The van der Waals surface area contributed by atoms with Gasteiger partial charge in [0.2, 0.25) is 0 Å². The van der Waals surface area contributed by atoms with E-state index in [1.807, 2.05) is 0 Å². The minimum absolute atomic E-state index is 0.134. The van der Waals surface area contributed by atoms with Gasteiger partial charge in [0.1, 0.15) is 0 Å². The molecule has 1 aliphatic rings. The summed E-state index contributed by atoms with van der Waals surface area (Å²) in [6.07, 6.45) is 5.03. The first kappa shape index (κ1) is 15.3. The lowest BCUT2D eigenvalue weighted by molar-refractivity contribution is -0.131. The Morgan fingerprint density at radius 1 is 1.43 bits per heavy atom. The van der Waals surface area contributed by atoms with Crippen molar-refractivity contribution in [1.82, 2.24) is 10.2 Å². The van der Waals surface area contributed by atoms with Crippen LogP contribution in [0.3, 0.4) is 0 Å². The van der Waals surface area contributed by atoms with Gasteiger partial charge in [-0.1, -0.05) is 12.1 Å². The molecule has 0 aliphatic heterocycles. The molecule has 2 N–H and O–H groups in total. The van der Waals surface area contributed by atoms with E-state index in [1.54, 1.807) is 24.3 Å². The summed E-state index contributed by atoms with van der Waals surface area (Å²) >= 11 is 0. The van der Waals surface area contributed by atoms with Crippen LogP contribution >= 0.6 is 0 Å². The highest BCUT2D eigenvalue weighted by atomic mass is 16.4. The number of aliphatic carboxylic acids is 1. The van der Waals surface area contributed by atoms with Crippen molar-refractivity contribution in [2.24, 2.45) is 0 Å². The first-order valence-electron chi connectivity index (χ1n) is 7.06. The molecule has 0 aromatic heterocycles. The van der Waals surface area contributed by atoms with Gasteiger partial charge in [-0.3, -0.25) is 4.79 Å². The number of carbonyl (C=O) groups excluding carboxylic acids is 1. The van der Waals surface area contributed by atoms with Gasteiger partial charge in [0.05, 0.1) is 0 Å². The smallest absolute Gasteiger partial charge is 0.328 e. The molecule has 0 spiro atoms. The fraction of sp³-hybridized carbons (Fsp3) is 0.375. The zero-order valence-electron chi connectivity index (χ0n) is 12.1. The predicted molar refractivity (Wildman–Crippen MR) is 81.1 cm³/mol. The number of likely N-dealkylation sites (N-methyl/N-ethyl adjacent to an activating group) is 1. The molecule has 0 radical (unpaired) electrons. The van der Waals surface area contributed by atoms with E-state index >= 15 is 0 Å². The van der Waals surface area contributed by atoms with Gasteiger partial charge >= 0.3 is 5.97 Å². The highest BCUT2D eigenvalue weighted by molar-refractivity contribution is 5.95. The maximum atomic E-state index is 12.0. The third-order valence-corrected chi connectivity index (χ3v) is 3.49.